The van der Waals surface area contributed by atoms with Crippen molar-refractivity contribution in [2.45, 2.75) is 17.9 Å². The molecule has 0 saturated heterocycles. The fourth-order valence-electron chi connectivity index (χ4n) is 2.43. The number of halogens is 1. The molecule has 0 aliphatic carbocycles. The monoisotopic (exact) mass is 488 g/mol. The highest BCUT2D eigenvalue weighted by molar-refractivity contribution is 7.93. The Morgan fingerprint density at radius 3 is 2.59 bits per heavy atom. The van der Waals surface area contributed by atoms with Crippen LogP contribution < -0.4 is 10.1 Å². The molecule has 0 fully saturated rings. The lowest BCUT2D eigenvalue weighted by molar-refractivity contribution is -0.112. The molecular weight excluding hydrogens is 472 g/mol. The van der Waals surface area contributed by atoms with E-state index in [4.69, 9.17) is 16.3 Å². The zero-order chi connectivity index (χ0) is 23.1. The summed E-state index contributed by atoms with van der Waals surface area (Å²) in [5.41, 5.74) is 1.28. The SMILES string of the molecule is CCS(=O)(=O)c1nnc(NC(=O)C(C#N)=Cc2ccc(OCc3ccccc3Cl)cc2)s1. The number of rotatable bonds is 8. The summed E-state index contributed by atoms with van der Waals surface area (Å²) in [5, 5.41) is 19.6. The van der Waals surface area contributed by atoms with E-state index in [0.29, 0.717) is 22.9 Å². The van der Waals surface area contributed by atoms with Crippen LogP contribution in [-0.4, -0.2) is 30.3 Å². The maximum atomic E-state index is 12.4. The highest BCUT2D eigenvalue weighted by atomic mass is 35.5. The minimum absolute atomic E-state index is 0.00787. The Kier molecular flexibility index (Phi) is 7.58. The Morgan fingerprint density at radius 1 is 1.22 bits per heavy atom. The van der Waals surface area contributed by atoms with E-state index in [1.54, 1.807) is 30.3 Å². The third-order valence-corrected chi connectivity index (χ3v) is 7.57. The average Bonchev–Trinajstić information content (AvgIpc) is 3.27. The minimum Gasteiger partial charge on any atom is -0.489 e. The number of amides is 1. The molecule has 0 saturated carbocycles. The molecule has 0 radical (unpaired) electrons. The van der Waals surface area contributed by atoms with E-state index in [0.717, 1.165) is 16.9 Å². The highest BCUT2D eigenvalue weighted by Gasteiger charge is 2.19. The first-order chi connectivity index (χ1) is 15.3. The Morgan fingerprint density at radius 2 is 1.94 bits per heavy atom. The van der Waals surface area contributed by atoms with Gasteiger partial charge >= 0.3 is 0 Å². The lowest BCUT2D eigenvalue weighted by atomic mass is 10.1. The van der Waals surface area contributed by atoms with Gasteiger partial charge in [-0.25, -0.2) is 8.42 Å². The number of sulfone groups is 1. The van der Waals surface area contributed by atoms with Crippen LogP contribution in [0.5, 0.6) is 5.75 Å². The number of ether oxygens (including phenoxy) is 1. The van der Waals surface area contributed by atoms with Crippen LogP contribution in [0.15, 0.2) is 58.4 Å². The summed E-state index contributed by atoms with van der Waals surface area (Å²) >= 11 is 6.84. The van der Waals surface area contributed by atoms with Gasteiger partial charge < -0.3 is 4.74 Å². The largest absolute Gasteiger partial charge is 0.489 e. The first-order valence-electron chi connectivity index (χ1n) is 9.28. The molecule has 1 amide bonds. The van der Waals surface area contributed by atoms with Crippen LogP contribution in [0.1, 0.15) is 18.1 Å². The van der Waals surface area contributed by atoms with Gasteiger partial charge in [0.2, 0.25) is 19.3 Å². The fraction of sp³-hybridized carbons (Fsp3) is 0.143. The maximum Gasteiger partial charge on any atom is 0.268 e. The predicted octanol–water partition coefficient (Wildman–Crippen LogP) is 4.11. The van der Waals surface area contributed by atoms with Gasteiger partial charge in [0.15, 0.2) is 0 Å². The summed E-state index contributed by atoms with van der Waals surface area (Å²) in [6.07, 6.45) is 1.40. The van der Waals surface area contributed by atoms with Crippen molar-refractivity contribution in [1.82, 2.24) is 10.2 Å². The van der Waals surface area contributed by atoms with E-state index < -0.39 is 15.7 Å². The predicted molar refractivity (Wildman–Crippen MR) is 122 cm³/mol. The topological polar surface area (TPSA) is 122 Å². The molecule has 3 rings (SSSR count). The fourth-order valence-corrected chi connectivity index (χ4v) is 4.60. The second-order valence-corrected chi connectivity index (χ2v) is 10.2. The molecule has 2 aromatic carbocycles. The molecule has 0 atom stereocenters. The van der Waals surface area contributed by atoms with Crippen molar-refractivity contribution in [3.05, 3.63) is 70.3 Å². The second-order valence-electron chi connectivity index (χ2n) is 6.35. The van der Waals surface area contributed by atoms with Gasteiger partial charge in [-0.05, 0) is 29.8 Å². The third kappa shape index (κ3) is 5.91. The lowest BCUT2D eigenvalue weighted by Crippen LogP contribution is -2.13. The first kappa shape index (κ1) is 23.4. The maximum absolute atomic E-state index is 12.4. The van der Waals surface area contributed by atoms with Gasteiger partial charge in [0.25, 0.3) is 5.91 Å². The molecule has 8 nitrogen and oxygen atoms in total. The summed E-state index contributed by atoms with van der Waals surface area (Å²) in [5.74, 6) is -0.247. The normalized spacial score (nSPS) is 11.6. The van der Waals surface area contributed by atoms with E-state index >= 15 is 0 Å². The number of hydrogen-bond donors (Lipinski definition) is 1. The molecule has 0 bridgehead atoms. The van der Waals surface area contributed by atoms with Crippen molar-refractivity contribution >= 4 is 49.9 Å². The van der Waals surface area contributed by atoms with E-state index in [1.807, 2.05) is 24.3 Å². The first-order valence-corrected chi connectivity index (χ1v) is 12.1. The number of nitriles is 1. The highest BCUT2D eigenvalue weighted by Crippen LogP contribution is 2.22. The lowest BCUT2D eigenvalue weighted by Gasteiger charge is -2.08. The van der Waals surface area contributed by atoms with Gasteiger partial charge in [-0.1, -0.05) is 60.2 Å². The molecule has 1 heterocycles. The number of anilines is 1. The minimum atomic E-state index is -3.52. The van der Waals surface area contributed by atoms with E-state index in [9.17, 15) is 18.5 Å². The zero-order valence-electron chi connectivity index (χ0n) is 16.8. The van der Waals surface area contributed by atoms with E-state index in [-0.39, 0.29) is 20.8 Å². The van der Waals surface area contributed by atoms with Crippen molar-refractivity contribution in [3.8, 4) is 11.8 Å². The molecule has 3 aromatic rings. The van der Waals surface area contributed by atoms with Crippen molar-refractivity contribution < 1.29 is 17.9 Å². The van der Waals surface area contributed by atoms with Crippen molar-refractivity contribution in [2.75, 3.05) is 11.1 Å². The number of nitrogens with one attached hydrogen (secondary N) is 1. The smallest absolute Gasteiger partial charge is 0.268 e. The number of hydrogen-bond acceptors (Lipinski definition) is 8. The molecule has 164 valence electrons. The average molecular weight is 489 g/mol. The quantitative estimate of drug-likeness (QED) is 0.287. The standard InChI is InChI=1S/C21H17ClN4O4S2/c1-2-32(28,29)21-26-25-20(31-21)24-19(27)16(12-23)11-14-7-9-17(10-8-14)30-13-15-5-3-4-6-18(15)22/h3-11H,2,13H2,1H3,(H,24,25,27). The second kappa shape index (κ2) is 10.4. The summed E-state index contributed by atoms with van der Waals surface area (Å²) in [6.45, 7) is 1.79. The van der Waals surface area contributed by atoms with Gasteiger partial charge in [0.05, 0.1) is 5.75 Å². The molecule has 11 heteroatoms. The van der Waals surface area contributed by atoms with Crippen molar-refractivity contribution in [2.24, 2.45) is 0 Å². The van der Waals surface area contributed by atoms with Crippen molar-refractivity contribution in [1.29, 1.82) is 5.26 Å². The Bertz CT molecular complexity index is 1300. The van der Waals surface area contributed by atoms with Crippen LogP contribution in [0.4, 0.5) is 5.13 Å². The van der Waals surface area contributed by atoms with Gasteiger partial charge in [0.1, 0.15) is 24.0 Å². The van der Waals surface area contributed by atoms with Gasteiger partial charge in [-0.2, -0.15) is 5.26 Å². The van der Waals surface area contributed by atoms with Crippen LogP contribution in [0.3, 0.4) is 0 Å². The molecular formula is C21H17ClN4O4S2. The van der Waals surface area contributed by atoms with Crippen molar-refractivity contribution in [3.63, 3.8) is 0 Å². The Labute approximate surface area is 194 Å². The number of aromatic nitrogens is 2. The van der Waals surface area contributed by atoms with Gasteiger partial charge in [0, 0.05) is 10.6 Å². The number of benzene rings is 2. The molecule has 0 spiro atoms. The number of carbonyl (C=O) groups excluding carboxylic acids is 1. The van der Waals surface area contributed by atoms with Crippen LogP contribution in [0.2, 0.25) is 5.02 Å². The molecule has 32 heavy (non-hydrogen) atoms. The summed E-state index contributed by atoms with van der Waals surface area (Å²) in [6, 6.07) is 16.0. The van der Waals surface area contributed by atoms with Gasteiger partial charge in [-0.3, -0.25) is 10.1 Å². The van der Waals surface area contributed by atoms with E-state index in [1.165, 1.54) is 13.0 Å². The van der Waals surface area contributed by atoms with E-state index in [2.05, 4.69) is 15.5 Å². The molecule has 0 aliphatic rings. The molecule has 1 aromatic heterocycles. The molecule has 0 aliphatic heterocycles. The zero-order valence-corrected chi connectivity index (χ0v) is 19.2. The number of carbonyl (C=O) groups is 1. The Balaban J connectivity index is 1.66. The summed E-state index contributed by atoms with van der Waals surface area (Å²) in [4.78, 5) is 12.4. The summed E-state index contributed by atoms with van der Waals surface area (Å²) in [7, 11) is -3.52. The number of nitrogens with zero attached hydrogens (tertiary/aromatic N) is 3. The third-order valence-electron chi connectivity index (χ3n) is 4.18. The van der Waals surface area contributed by atoms with Crippen LogP contribution in [0.25, 0.3) is 6.08 Å². The van der Waals surface area contributed by atoms with Crippen LogP contribution >= 0.6 is 22.9 Å². The van der Waals surface area contributed by atoms with Gasteiger partial charge in [-0.15, -0.1) is 10.2 Å². The summed E-state index contributed by atoms with van der Waals surface area (Å²) < 4.78 is 29.2. The molecule has 0 unspecified atom stereocenters. The van der Waals surface area contributed by atoms with Crippen LogP contribution in [-0.2, 0) is 21.2 Å². The Hall–Kier alpha value is -3.26. The van der Waals surface area contributed by atoms with Crippen LogP contribution in [0, 0.1) is 11.3 Å². The molecule has 1 N–H and O–H groups in total.